The fourth-order valence-corrected chi connectivity index (χ4v) is 3.57. The third-order valence-corrected chi connectivity index (χ3v) is 5.11. The number of hydrogen-bond acceptors (Lipinski definition) is 5. The number of aromatic nitrogens is 1. The van der Waals surface area contributed by atoms with Crippen molar-refractivity contribution in [2.24, 2.45) is 0 Å². The molecule has 0 bridgehead atoms. The van der Waals surface area contributed by atoms with Gasteiger partial charge in [0.25, 0.3) is 17.5 Å². The molecule has 2 amide bonds. The first-order chi connectivity index (χ1) is 14.4. The minimum absolute atomic E-state index is 0.0174. The largest absolute Gasteiger partial charge is 0.322 e. The maximum Gasteiger partial charge on any atom is 0.270 e. The molecular formula is C21H15ClN4O4. The molecule has 30 heavy (non-hydrogen) atoms. The third kappa shape index (κ3) is 3.72. The van der Waals surface area contributed by atoms with Crippen LogP contribution in [-0.2, 0) is 6.42 Å². The number of carbonyl (C=O) groups is 2. The molecule has 0 saturated heterocycles. The highest BCUT2D eigenvalue weighted by Gasteiger charge is 2.26. The van der Waals surface area contributed by atoms with Gasteiger partial charge in [-0.2, -0.15) is 0 Å². The number of anilines is 2. The molecule has 1 aromatic heterocycles. The lowest BCUT2D eigenvalue weighted by Gasteiger charge is -2.18. The zero-order valence-corrected chi connectivity index (χ0v) is 16.3. The summed E-state index contributed by atoms with van der Waals surface area (Å²) in [5.74, 6) is -0.665. The van der Waals surface area contributed by atoms with Crippen molar-refractivity contribution in [3.8, 4) is 0 Å². The molecule has 8 nitrogen and oxygen atoms in total. The van der Waals surface area contributed by atoms with Gasteiger partial charge in [0.05, 0.1) is 21.1 Å². The summed E-state index contributed by atoms with van der Waals surface area (Å²) in [7, 11) is 0. The van der Waals surface area contributed by atoms with Crippen molar-refractivity contribution in [2.45, 2.75) is 6.42 Å². The van der Waals surface area contributed by atoms with E-state index in [2.05, 4.69) is 10.3 Å². The molecule has 1 aliphatic rings. The van der Waals surface area contributed by atoms with Gasteiger partial charge in [-0.1, -0.05) is 17.7 Å². The highest BCUT2D eigenvalue weighted by molar-refractivity contribution is 6.34. The number of nitro groups is 1. The van der Waals surface area contributed by atoms with Crippen LogP contribution in [0.1, 0.15) is 26.3 Å². The van der Waals surface area contributed by atoms with Crippen LogP contribution in [0.3, 0.4) is 0 Å². The fourth-order valence-electron chi connectivity index (χ4n) is 3.31. The SMILES string of the molecule is O=C(Nc1ccc2c(c1)N(C(=O)c1cccnc1)CC2)c1ccc([N+](=O)[O-])cc1Cl. The van der Waals surface area contributed by atoms with Crippen LogP contribution in [0.15, 0.2) is 60.9 Å². The zero-order valence-electron chi connectivity index (χ0n) is 15.5. The third-order valence-electron chi connectivity index (χ3n) is 4.80. The Labute approximate surface area is 176 Å². The summed E-state index contributed by atoms with van der Waals surface area (Å²) >= 11 is 6.04. The minimum Gasteiger partial charge on any atom is -0.322 e. The minimum atomic E-state index is -0.581. The summed E-state index contributed by atoms with van der Waals surface area (Å²) in [5.41, 5.74) is 2.61. The number of amides is 2. The standard InChI is InChI=1S/C21H15ClN4O4/c22-18-11-16(26(29)30)5-6-17(18)20(27)24-15-4-3-13-7-9-25(19(13)10-15)21(28)14-2-1-8-23-12-14/h1-6,8,10-12H,7,9H2,(H,24,27). The highest BCUT2D eigenvalue weighted by Crippen LogP contribution is 2.32. The van der Waals surface area contributed by atoms with Crippen LogP contribution >= 0.6 is 11.6 Å². The van der Waals surface area contributed by atoms with Crippen LogP contribution in [0, 0.1) is 10.1 Å². The van der Waals surface area contributed by atoms with Gasteiger partial charge in [0.15, 0.2) is 0 Å². The number of hydrogen-bond donors (Lipinski definition) is 1. The molecule has 4 rings (SSSR count). The monoisotopic (exact) mass is 422 g/mol. The molecule has 3 aromatic rings. The van der Waals surface area contributed by atoms with E-state index in [9.17, 15) is 19.7 Å². The molecule has 0 saturated carbocycles. The number of carbonyl (C=O) groups excluding carboxylic acids is 2. The number of pyridine rings is 1. The number of non-ortho nitro benzene ring substituents is 1. The van der Waals surface area contributed by atoms with Crippen molar-refractivity contribution in [1.29, 1.82) is 0 Å². The molecule has 1 aliphatic heterocycles. The van der Waals surface area contributed by atoms with Crippen molar-refractivity contribution >= 4 is 40.5 Å². The van der Waals surface area contributed by atoms with Crippen molar-refractivity contribution < 1.29 is 14.5 Å². The Morgan fingerprint density at radius 2 is 2.00 bits per heavy atom. The summed E-state index contributed by atoms with van der Waals surface area (Å²) in [6, 6.07) is 12.4. The van der Waals surface area contributed by atoms with Gasteiger partial charge in [-0.05, 0) is 42.3 Å². The van der Waals surface area contributed by atoms with Gasteiger partial charge in [-0.3, -0.25) is 24.7 Å². The maximum atomic E-state index is 12.8. The van der Waals surface area contributed by atoms with Gasteiger partial charge < -0.3 is 10.2 Å². The highest BCUT2D eigenvalue weighted by atomic mass is 35.5. The fraction of sp³-hybridized carbons (Fsp3) is 0.0952. The number of nitrogens with one attached hydrogen (secondary N) is 1. The summed E-state index contributed by atoms with van der Waals surface area (Å²) in [6.45, 7) is 0.536. The quantitative estimate of drug-likeness (QED) is 0.503. The molecule has 0 unspecified atom stereocenters. The van der Waals surface area contributed by atoms with E-state index in [1.807, 2.05) is 6.07 Å². The second-order valence-corrected chi connectivity index (χ2v) is 7.07. The van der Waals surface area contributed by atoms with Crippen molar-refractivity contribution in [3.63, 3.8) is 0 Å². The smallest absolute Gasteiger partial charge is 0.270 e. The van der Waals surface area contributed by atoms with E-state index < -0.39 is 10.8 Å². The molecule has 150 valence electrons. The number of rotatable bonds is 4. The van der Waals surface area contributed by atoms with Gasteiger partial charge >= 0.3 is 0 Å². The Balaban J connectivity index is 1.57. The molecular weight excluding hydrogens is 408 g/mol. The maximum absolute atomic E-state index is 12.8. The van der Waals surface area contributed by atoms with E-state index in [0.29, 0.717) is 24.2 Å². The van der Waals surface area contributed by atoms with Gasteiger partial charge in [-0.15, -0.1) is 0 Å². The van der Waals surface area contributed by atoms with E-state index >= 15 is 0 Å². The van der Waals surface area contributed by atoms with Gasteiger partial charge in [-0.25, -0.2) is 0 Å². The number of halogens is 1. The molecule has 0 atom stereocenters. The molecule has 0 fully saturated rings. The van der Waals surface area contributed by atoms with Gasteiger partial charge in [0, 0.05) is 42.4 Å². The van der Waals surface area contributed by atoms with E-state index in [0.717, 1.165) is 17.3 Å². The summed E-state index contributed by atoms with van der Waals surface area (Å²) in [5, 5.41) is 13.5. The Kier molecular flexibility index (Phi) is 5.16. The Bertz CT molecular complexity index is 1170. The number of nitrogens with zero attached hydrogens (tertiary/aromatic N) is 3. The van der Waals surface area contributed by atoms with E-state index in [4.69, 9.17) is 11.6 Å². The second kappa shape index (κ2) is 7.92. The molecule has 0 spiro atoms. The second-order valence-electron chi connectivity index (χ2n) is 6.67. The average Bonchev–Trinajstić information content (AvgIpc) is 3.16. The molecule has 0 aliphatic carbocycles. The lowest BCUT2D eigenvalue weighted by Crippen LogP contribution is -2.29. The predicted molar refractivity (Wildman–Crippen MR) is 112 cm³/mol. The Morgan fingerprint density at radius 3 is 2.70 bits per heavy atom. The first-order valence-corrected chi connectivity index (χ1v) is 9.42. The number of benzene rings is 2. The first kappa shape index (κ1) is 19.5. The average molecular weight is 423 g/mol. The summed E-state index contributed by atoms with van der Waals surface area (Å²) in [4.78, 5) is 41.3. The van der Waals surface area contributed by atoms with Crippen LogP contribution in [0.25, 0.3) is 0 Å². The summed E-state index contributed by atoms with van der Waals surface area (Å²) < 4.78 is 0. The zero-order chi connectivity index (χ0) is 21.3. The molecule has 2 heterocycles. The van der Waals surface area contributed by atoms with E-state index in [1.54, 1.807) is 35.4 Å². The topological polar surface area (TPSA) is 105 Å². The Hall–Kier alpha value is -3.78. The first-order valence-electron chi connectivity index (χ1n) is 9.04. The van der Waals surface area contributed by atoms with Crippen LogP contribution in [-0.4, -0.2) is 28.3 Å². The van der Waals surface area contributed by atoms with Crippen LogP contribution in [0.2, 0.25) is 5.02 Å². The molecule has 1 N–H and O–H groups in total. The number of nitro benzene ring substituents is 1. The van der Waals surface area contributed by atoms with Crippen LogP contribution < -0.4 is 10.2 Å². The number of fused-ring (bicyclic) bond motifs is 1. The van der Waals surface area contributed by atoms with Gasteiger partial charge in [0.2, 0.25) is 0 Å². The van der Waals surface area contributed by atoms with Crippen molar-refractivity contribution in [1.82, 2.24) is 4.98 Å². The van der Waals surface area contributed by atoms with Crippen molar-refractivity contribution in [2.75, 3.05) is 16.8 Å². The van der Waals surface area contributed by atoms with E-state index in [1.165, 1.54) is 18.3 Å². The Morgan fingerprint density at radius 1 is 1.17 bits per heavy atom. The van der Waals surface area contributed by atoms with Crippen molar-refractivity contribution in [3.05, 3.63) is 92.8 Å². The molecule has 0 radical (unpaired) electrons. The lowest BCUT2D eigenvalue weighted by molar-refractivity contribution is -0.384. The van der Waals surface area contributed by atoms with Crippen LogP contribution in [0.4, 0.5) is 17.1 Å². The summed E-state index contributed by atoms with van der Waals surface area (Å²) in [6.07, 6.45) is 3.83. The lowest BCUT2D eigenvalue weighted by atomic mass is 10.1. The van der Waals surface area contributed by atoms with Gasteiger partial charge in [0.1, 0.15) is 0 Å². The van der Waals surface area contributed by atoms with Crippen LogP contribution in [0.5, 0.6) is 0 Å². The van der Waals surface area contributed by atoms with E-state index in [-0.39, 0.29) is 22.2 Å². The molecule has 2 aromatic carbocycles. The molecule has 9 heteroatoms. The predicted octanol–water partition coefficient (Wildman–Crippen LogP) is 4.10. The normalized spacial score (nSPS) is 12.4.